The summed E-state index contributed by atoms with van der Waals surface area (Å²) in [5.41, 5.74) is 14.9. The number of fused-ring (bicyclic) bond motifs is 1. The van der Waals surface area contributed by atoms with Crippen LogP contribution >= 0.6 is 0 Å². The number of rotatable bonds is 4. The smallest absolute Gasteiger partial charge is 0.257 e. The minimum absolute atomic E-state index is 0.145. The summed E-state index contributed by atoms with van der Waals surface area (Å²) < 4.78 is 5.46. The number of nitrogens with zero attached hydrogens (tertiary/aromatic N) is 4. The number of hydrogen-bond donors (Lipinski definition) is 3. The van der Waals surface area contributed by atoms with Crippen molar-refractivity contribution in [3.63, 3.8) is 0 Å². The van der Waals surface area contributed by atoms with Gasteiger partial charge in [0, 0.05) is 18.2 Å². The predicted octanol–water partition coefficient (Wildman–Crippen LogP) is 1.52. The van der Waals surface area contributed by atoms with E-state index in [1.807, 2.05) is 31.2 Å². The van der Waals surface area contributed by atoms with Gasteiger partial charge in [0.25, 0.3) is 11.8 Å². The first-order valence-electron chi connectivity index (χ1n) is 8.83. The van der Waals surface area contributed by atoms with Crippen molar-refractivity contribution in [2.24, 2.45) is 0 Å². The lowest BCUT2D eigenvalue weighted by atomic mass is 9.91. The van der Waals surface area contributed by atoms with Gasteiger partial charge in [-0.05, 0) is 12.5 Å². The molecule has 2 aromatic heterocycles. The number of carbonyl (C=O) groups excluding carboxylic acids is 1. The molecule has 1 aliphatic rings. The summed E-state index contributed by atoms with van der Waals surface area (Å²) in [6.07, 6.45) is 3.54. The van der Waals surface area contributed by atoms with Crippen LogP contribution in [0.3, 0.4) is 0 Å². The fraction of sp³-hybridized carbons (Fsp3) is 0.211. The molecule has 3 aromatic rings. The lowest BCUT2D eigenvalue weighted by Gasteiger charge is -2.26. The number of nitrogen functional groups attached to an aromatic ring is 2. The molecule has 28 heavy (non-hydrogen) atoms. The summed E-state index contributed by atoms with van der Waals surface area (Å²) in [6, 6.07) is 7.37. The SMILES string of the molecule is CCOc1nc(-c2ccccc2C2Cc3nc(N)ncc3C(=O)N2)cnc1N. The van der Waals surface area contributed by atoms with Crippen molar-refractivity contribution in [1.82, 2.24) is 25.3 Å². The number of hydrogen-bond acceptors (Lipinski definition) is 8. The molecular weight excluding hydrogens is 358 g/mol. The van der Waals surface area contributed by atoms with Crippen LogP contribution in [-0.2, 0) is 6.42 Å². The van der Waals surface area contributed by atoms with Gasteiger partial charge >= 0.3 is 0 Å². The summed E-state index contributed by atoms with van der Waals surface area (Å²) in [5.74, 6) is 0.425. The molecule has 4 rings (SSSR count). The summed E-state index contributed by atoms with van der Waals surface area (Å²) in [6.45, 7) is 2.28. The van der Waals surface area contributed by atoms with E-state index in [0.29, 0.717) is 30.0 Å². The van der Waals surface area contributed by atoms with Gasteiger partial charge in [0.05, 0.1) is 35.8 Å². The van der Waals surface area contributed by atoms with E-state index in [-0.39, 0.29) is 29.6 Å². The van der Waals surface area contributed by atoms with E-state index in [2.05, 4.69) is 25.3 Å². The van der Waals surface area contributed by atoms with E-state index in [4.69, 9.17) is 16.2 Å². The lowest BCUT2D eigenvalue weighted by Crippen LogP contribution is -2.36. The zero-order chi connectivity index (χ0) is 19.7. The molecule has 1 aromatic carbocycles. The number of nitrogens with two attached hydrogens (primary N) is 2. The third-order valence-corrected chi connectivity index (χ3v) is 4.49. The molecule has 0 saturated carbocycles. The number of ether oxygens (including phenoxy) is 1. The molecule has 142 valence electrons. The molecule has 9 nitrogen and oxygen atoms in total. The third kappa shape index (κ3) is 3.18. The van der Waals surface area contributed by atoms with Gasteiger partial charge in [-0.3, -0.25) is 4.79 Å². The fourth-order valence-corrected chi connectivity index (χ4v) is 3.23. The zero-order valence-electron chi connectivity index (χ0n) is 15.2. The summed E-state index contributed by atoms with van der Waals surface area (Å²) in [4.78, 5) is 29.3. The Kier molecular flexibility index (Phi) is 4.48. The van der Waals surface area contributed by atoms with E-state index in [0.717, 1.165) is 11.1 Å². The van der Waals surface area contributed by atoms with Crippen LogP contribution in [0.15, 0.2) is 36.7 Å². The van der Waals surface area contributed by atoms with Crippen molar-refractivity contribution in [3.05, 3.63) is 53.5 Å². The van der Waals surface area contributed by atoms with Gasteiger partial charge in [0.15, 0.2) is 5.82 Å². The number of anilines is 2. The van der Waals surface area contributed by atoms with Crippen LogP contribution in [0.25, 0.3) is 11.3 Å². The van der Waals surface area contributed by atoms with E-state index < -0.39 is 0 Å². The maximum atomic E-state index is 12.5. The quantitative estimate of drug-likeness (QED) is 0.621. The fourth-order valence-electron chi connectivity index (χ4n) is 3.23. The van der Waals surface area contributed by atoms with Gasteiger partial charge in [-0.1, -0.05) is 24.3 Å². The molecule has 9 heteroatoms. The van der Waals surface area contributed by atoms with Crippen LogP contribution in [0.5, 0.6) is 5.88 Å². The summed E-state index contributed by atoms with van der Waals surface area (Å²) in [5, 5.41) is 3.01. The number of aromatic nitrogens is 4. The van der Waals surface area contributed by atoms with Crippen LogP contribution in [0.1, 0.15) is 34.6 Å². The average Bonchev–Trinajstić information content (AvgIpc) is 2.69. The van der Waals surface area contributed by atoms with Gasteiger partial charge in [0.1, 0.15) is 0 Å². The Labute approximate surface area is 161 Å². The summed E-state index contributed by atoms with van der Waals surface area (Å²) in [7, 11) is 0. The van der Waals surface area contributed by atoms with Gasteiger partial charge < -0.3 is 21.5 Å². The van der Waals surface area contributed by atoms with Gasteiger partial charge in [-0.15, -0.1) is 0 Å². The standard InChI is InChI=1S/C19H19N7O2/c1-2-28-18-16(20)22-9-15(25-18)11-6-4-3-5-10(11)13-7-14-12(17(27)24-13)8-23-19(21)26-14/h3-6,8-9,13H,2,7H2,1H3,(H2,20,22)(H,24,27)(H2,21,23,26). The zero-order valence-corrected chi connectivity index (χ0v) is 15.2. The first-order valence-corrected chi connectivity index (χ1v) is 8.83. The van der Waals surface area contributed by atoms with Gasteiger partial charge in [-0.25, -0.2) is 19.9 Å². The second-order valence-corrected chi connectivity index (χ2v) is 6.28. The molecule has 1 unspecified atom stereocenters. The van der Waals surface area contributed by atoms with E-state index in [1.165, 1.54) is 6.20 Å². The minimum Gasteiger partial charge on any atom is -0.475 e. The average molecular weight is 377 g/mol. The number of amides is 1. The number of benzene rings is 1. The summed E-state index contributed by atoms with van der Waals surface area (Å²) >= 11 is 0. The van der Waals surface area contributed by atoms with Crippen molar-refractivity contribution in [2.45, 2.75) is 19.4 Å². The monoisotopic (exact) mass is 377 g/mol. The Hall–Kier alpha value is -3.75. The molecule has 0 bridgehead atoms. The molecule has 0 aliphatic carbocycles. The van der Waals surface area contributed by atoms with Gasteiger partial charge in [0.2, 0.25) is 5.95 Å². The Morgan fingerprint density at radius 1 is 1.14 bits per heavy atom. The highest BCUT2D eigenvalue weighted by molar-refractivity contribution is 5.96. The predicted molar refractivity (Wildman–Crippen MR) is 103 cm³/mol. The normalized spacial score (nSPS) is 15.6. The largest absolute Gasteiger partial charge is 0.475 e. The Morgan fingerprint density at radius 2 is 1.96 bits per heavy atom. The van der Waals surface area contributed by atoms with Crippen LogP contribution in [-0.4, -0.2) is 32.4 Å². The first kappa shape index (κ1) is 17.7. The molecule has 1 atom stereocenters. The second kappa shape index (κ2) is 7.10. The highest BCUT2D eigenvalue weighted by atomic mass is 16.5. The van der Waals surface area contributed by atoms with Crippen LogP contribution in [0.4, 0.5) is 11.8 Å². The van der Waals surface area contributed by atoms with Crippen molar-refractivity contribution in [2.75, 3.05) is 18.1 Å². The second-order valence-electron chi connectivity index (χ2n) is 6.28. The highest BCUT2D eigenvalue weighted by Gasteiger charge is 2.29. The van der Waals surface area contributed by atoms with Crippen molar-refractivity contribution >= 4 is 17.7 Å². The van der Waals surface area contributed by atoms with Crippen molar-refractivity contribution in [3.8, 4) is 17.1 Å². The van der Waals surface area contributed by atoms with Crippen LogP contribution < -0.4 is 21.5 Å². The molecule has 0 saturated heterocycles. The van der Waals surface area contributed by atoms with E-state index >= 15 is 0 Å². The van der Waals surface area contributed by atoms with E-state index in [9.17, 15) is 4.79 Å². The molecule has 0 spiro atoms. The Bertz CT molecular complexity index is 1050. The molecule has 5 N–H and O–H groups in total. The lowest BCUT2D eigenvalue weighted by molar-refractivity contribution is 0.0923. The Morgan fingerprint density at radius 3 is 2.79 bits per heavy atom. The van der Waals surface area contributed by atoms with Crippen molar-refractivity contribution < 1.29 is 9.53 Å². The topological polar surface area (TPSA) is 142 Å². The van der Waals surface area contributed by atoms with Gasteiger partial charge in [-0.2, -0.15) is 0 Å². The molecule has 0 fully saturated rings. The third-order valence-electron chi connectivity index (χ3n) is 4.49. The molecule has 1 amide bonds. The maximum absolute atomic E-state index is 12.5. The van der Waals surface area contributed by atoms with E-state index in [1.54, 1.807) is 6.20 Å². The molecule has 1 aliphatic heterocycles. The van der Waals surface area contributed by atoms with Crippen LogP contribution in [0.2, 0.25) is 0 Å². The number of nitrogens with one attached hydrogen (secondary N) is 1. The first-order chi connectivity index (χ1) is 13.6. The Balaban J connectivity index is 1.75. The molecule has 3 heterocycles. The maximum Gasteiger partial charge on any atom is 0.257 e. The van der Waals surface area contributed by atoms with Crippen LogP contribution in [0, 0.1) is 0 Å². The van der Waals surface area contributed by atoms with Crippen molar-refractivity contribution in [1.29, 1.82) is 0 Å². The highest BCUT2D eigenvalue weighted by Crippen LogP contribution is 2.32. The molecular formula is C19H19N7O2. The minimum atomic E-state index is -0.291. The number of carbonyl (C=O) groups is 1. The molecule has 0 radical (unpaired) electrons.